The molecule has 0 radical (unpaired) electrons. The Bertz CT molecular complexity index is 1200. The van der Waals surface area contributed by atoms with Gasteiger partial charge >= 0.3 is 0 Å². The lowest BCUT2D eigenvalue weighted by Gasteiger charge is -2.07. The number of hydrogen-bond acceptors (Lipinski definition) is 6. The zero-order valence-electron chi connectivity index (χ0n) is 14.9. The smallest absolute Gasteiger partial charge is 0.238 e. The van der Waals surface area contributed by atoms with Gasteiger partial charge < -0.3 is 5.32 Å². The molecule has 4 aromatic rings. The standard InChI is InChI=1S/C20H18N4O2S2/c21-28(25,26)16-8-6-14(7-9-16)10-11-22-20-19-17(23-13-24-20)12-18(27-19)15-4-2-1-3-5-15/h1-9,12-13H,10-11H2,(H2,21,25,26)(H,22,23,24). The lowest BCUT2D eigenvalue weighted by Crippen LogP contribution is -2.12. The van der Waals surface area contributed by atoms with Crippen LogP contribution in [-0.4, -0.2) is 24.9 Å². The molecule has 0 amide bonds. The van der Waals surface area contributed by atoms with E-state index in [-0.39, 0.29) is 4.90 Å². The molecular formula is C20H18N4O2S2. The number of thiophene rings is 1. The van der Waals surface area contributed by atoms with Crippen LogP contribution in [0, 0.1) is 0 Å². The SMILES string of the molecule is NS(=O)(=O)c1ccc(CCNc2ncnc3cc(-c4ccccc4)sc23)cc1. The van der Waals surface area contributed by atoms with Crippen molar-refractivity contribution in [2.24, 2.45) is 5.14 Å². The quantitative estimate of drug-likeness (QED) is 0.505. The van der Waals surface area contributed by atoms with E-state index in [4.69, 9.17) is 5.14 Å². The fourth-order valence-corrected chi connectivity index (χ4v) is 4.49. The maximum Gasteiger partial charge on any atom is 0.238 e. The summed E-state index contributed by atoms with van der Waals surface area (Å²) in [6, 6.07) is 18.9. The number of nitrogens with zero attached hydrogens (tertiary/aromatic N) is 2. The lowest BCUT2D eigenvalue weighted by molar-refractivity contribution is 0.598. The fourth-order valence-electron chi connectivity index (χ4n) is 2.90. The zero-order chi connectivity index (χ0) is 19.6. The minimum Gasteiger partial charge on any atom is -0.368 e. The van der Waals surface area contributed by atoms with Crippen molar-refractivity contribution in [3.63, 3.8) is 0 Å². The minimum atomic E-state index is -3.66. The monoisotopic (exact) mass is 410 g/mol. The van der Waals surface area contributed by atoms with Crippen LogP contribution < -0.4 is 10.5 Å². The van der Waals surface area contributed by atoms with Gasteiger partial charge in [0.05, 0.1) is 15.1 Å². The van der Waals surface area contributed by atoms with E-state index in [1.165, 1.54) is 12.1 Å². The number of rotatable bonds is 6. The van der Waals surface area contributed by atoms with Gasteiger partial charge in [0, 0.05) is 11.4 Å². The average Bonchev–Trinajstić information content (AvgIpc) is 3.14. The molecule has 0 spiro atoms. The summed E-state index contributed by atoms with van der Waals surface area (Å²) in [5, 5.41) is 8.49. The second-order valence-corrected chi connectivity index (χ2v) is 8.89. The largest absolute Gasteiger partial charge is 0.368 e. The van der Waals surface area contributed by atoms with Crippen LogP contribution in [0.5, 0.6) is 0 Å². The third-order valence-corrected chi connectivity index (χ3v) is 6.44. The number of hydrogen-bond donors (Lipinski definition) is 2. The molecule has 2 aromatic heterocycles. The topological polar surface area (TPSA) is 98.0 Å². The molecule has 6 nitrogen and oxygen atoms in total. The summed E-state index contributed by atoms with van der Waals surface area (Å²) in [5.74, 6) is 0.804. The number of nitrogens with one attached hydrogen (secondary N) is 1. The van der Waals surface area contributed by atoms with Crippen LogP contribution in [-0.2, 0) is 16.4 Å². The molecule has 0 bridgehead atoms. The Morgan fingerprint density at radius 1 is 1.00 bits per heavy atom. The van der Waals surface area contributed by atoms with Crippen molar-refractivity contribution in [1.82, 2.24) is 9.97 Å². The minimum absolute atomic E-state index is 0.119. The maximum atomic E-state index is 11.3. The van der Waals surface area contributed by atoms with Crippen LogP contribution in [0.1, 0.15) is 5.56 Å². The van der Waals surface area contributed by atoms with Crippen molar-refractivity contribution in [2.45, 2.75) is 11.3 Å². The summed E-state index contributed by atoms with van der Waals surface area (Å²) >= 11 is 1.66. The van der Waals surface area contributed by atoms with Crippen molar-refractivity contribution < 1.29 is 8.42 Å². The molecule has 2 aromatic carbocycles. The van der Waals surface area contributed by atoms with Crippen molar-refractivity contribution in [1.29, 1.82) is 0 Å². The van der Waals surface area contributed by atoms with Gasteiger partial charge in [-0.15, -0.1) is 11.3 Å². The average molecular weight is 411 g/mol. The number of primary sulfonamides is 1. The highest BCUT2D eigenvalue weighted by atomic mass is 32.2. The first kappa shape index (κ1) is 18.5. The Labute approximate surface area is 167 Å². The first-order valence-electron chi connectivity index (χ1n) is 8.66. The molecule has 0 saturated carbocycles. The van der Waals surface area contributed by atoms with Crippen molar-refractivity contribution in [3.05, 3.63) is 72.6 Å². The summed E-state index contributed by atoms with van der Waals surface area (Å²) in [7, 11) is -3.66. The normalized spacial score (nSPS) is 11.6. The summed E-state index contributed by atoms with van der Waals surface area (Å²) in [4.78, 5) is 10.0. The molecule has 2 heterocycles. The van der Waals surface area contributed by atoms with Crippen molar-refractivity contribution >= 4 is 37.4 Å². The van der Waals surface area contributed by atoms with Gasteiger partial charge in [0.2, 0.25) is 10.0 Å². The molecule has 0 unspecified atom stereocenters. The van der Waals surface area contributed by atoms with Crippen LogP contribution in [0.25, 0.3) is 20.7 Å². The van der Waals surface area contributed by atoms with Crippen LogP contribution in [0.4, 0.5) is 5.82 Å². The van der Waals surface area contributed by atoms with Gasteiger partial charge in [-0.05, 0) is 35.7 Å². The van der Waals surface area contributed by atoms with E-state index in [1.54, 1.807) is 29.8 Å². The fraction of sp³-hybridized carbons (Fsp3) is 0.100. The maximum absolute atomic E-state index is 11.3. The molecule has 0 aliphatic rings. The van der Waals surface area contributed by atoms with E-state index in [1.807, 2.05) is 18.2 Å². The Hall–Kier alpha value is -2.81. The van der Waals surface area contributed by atoms with Crippen LogP contribution in [0.2, 0.25) is 0 Å². The summed E-state index contributed by atoms with van der Waals surface area (Å²) < 4.78 is 23.7. The van der Waals surface area contributed by atoms with Gasteiger partial charge in [0.1, 0.15) is 12.1 Å². The Morgan fingerprint density at radius 2 is 1.75 bits per heavy atom. The van der Waals surface area contributed by atoms with E-state index in [2.05, 4.69) is 33.5 Å². The molecule has 8 heteroatoms. The number of fused-ring (bicyclic) bond motifs is 1. The van der Waals surface area contributed by atoms with Crippen LogP contribution in [0.15, 0.2) is 71.9 Å². The molecule has 3 N–H and O–H groups in total. The highest BCUT2D eigenvalue weighted by Crippen LogP contribution is 2.35. The predicted molar refractivity (Wildman–Crippen MR) is 113 cm³/mol. The van der Waals surface area contributed by atoms with Crippen molar-refractivity contribution in [3.8, 4) is 10.4 Å². The number of nitrogens with two attached hydrogens (primary N) is 1. The van der Waals surface area contributed by atoms with E-state index < -0.39 is 10.0 Å². The Morgan fingerprint density at radius 3 is 2.46 bits per heavy atom. The number of anilines is 1. The van der Waals surface area contributed by atoms with E-state index in [0.29, 0.717) is 6.54 Å². The molecule has 0 aliphatic heterocycles. The summed E-state index contributed by atoms with van der Waals surface area (Å²) in [5.41, 5.74) is 3.09. The van der Waals surface area contributed by atoms with Crippen LogP contribution >= 0.6 is 11.3 Å². The van der Waals surface area contributed by atoms with Gasteiger partial charge in [0.15, 0.2) is 0 Å². The lowest BCUT2D eigenvalue weighted by atomic mass is 10.1. The molecule has 0 saturated heterocycles. The second-order valence-electron chi connectivity index (χ2n) is 6.28. The van der Waals surface area contributed by atoms with E-state index >= 15 is 0 Å². The highest BCUT2D eigenvalue weighted by Gasteiger charge is 2.10. The van der Waals surface area contributed by atoms with Gasteiger partial charge in [0.25, 0.3) is 0 Å². The Kier molecular flexibility index (Phi) is 5.08. The summed E-state index contributed by atoms with van der Waals surface area (Å²) in [6.45, 7) is 0.666. The molecule has 28 heavy (non-hydrogen) atoms. The molecule has 0 atom stereocenters. The third kappa shape index (κ3) is 4.04. The predicted octanol–water partition coefficient (Wildman–Crippen LogP) is 3.66. The molecular weight excluding hydrogens is 392 g/mol. The first-order chi connectivity index (χ1) is 13.5. The van der Waals surface area contributed by atoms with Gasteiger partial charge in [-0.3, -0.25) is 0 Å². The van der Waals surface area contributed by atoms with E-state index in [9.17, 15) is 8.42 Å². The molecule has 142 valence electrons. The van der Waals surface area contributed by atoms with E-state index in [0.717, 1.165) is 38.5 Å². The van der Waals surface area contributed by atoms with Crippen LogP contribution in [0.3, 0.4) is 0 Å². The van der Waals surface area contributed by atoms with Gasteiger partial charge in [-0.2, -0.15) is 0 Å². The van der Waals surface area contributed by atoms with Crippen molar-refractivity contribution in [2.75, 3.05) is 11.9 Å². The Balaban J connectivity index is 1.48. The first-order valence-corrected chi connectivity index (χ1v) is 11.0. The number of aromatic nitrogens is 2. The second kappa shape index (κ2) is 7.67. The van der Waals surface area contributed by atoms with Gasteiger partial charge in [-0.25, -0.2) is 23.5 Å². The highest BCUT2D eigenvalue weighted by molar-refractivity contribution is 7.89. The summed E-state index contributed by atoms with van der Waals surface area (Å²) in [6.07, 6.45) is 2.29. The number of benzene rings is 2. The zero-order valence-corrected chi connectivity index (χ0v) is 16.5. The molecule has 0 fully saturated rings. The van der Waals surface area contributed by atoms with Gasteiger partial charge in [-0.1, -0.05) is 42.5 Å². The number of sulfonamides is 1. The molecule has 4 rings (SSSR count). The third-order valence-electron chi connectivity index (χ3n) is 4.33. The molecule has 0 aliphatic carbocycles.